The Kier molecular flexibility index (Phi) is 6.77. The molecule has 1 aliphatic heterocycles. The van der Waals surface area contributed by atoms with Crippen molar-refractivity contribution in [2.75, 3.05) is 11.9 Å². The second kappa shape index (κ2) is 8.24. The van der Waals surface area contributed by atoms with Crippen LogP contribution in [0.4, 0.5) is 5.69 Å². The normalized spacial score (nSPS) is 14.4. The lowest BCUT2D eigenvalue weighted by Crippen LogP contribution is -2.37. The van der Waals surface area contributed by atoms with Crippen molar-refractivity contribution in [2.24, 2.45) is 0 Å². The van der Waals surface area contributed by atoms with E-state index in [0.717, 1.165) is 45.2 Å². The molecule has 0 spiro atoms. The summed E-state index contributed by atoms with van der Waals surface area (Å²) in [6.45, 7) is 22.7. The summed E-state index contributed by atoms with van der Waals surface area (Å²) >= 11 is 0. The molecule has 0 aliphatic carbocycles. The predicted octanol–water partition coefficient (Wildman–Crippen LogP) is 5.88. The molecule has 2 rings (SSSR count). The average molecular weight is 361 g/mol. The Labute approximate surface area is 166 Å². The summed E-state index contributed by atoms with van der Waals surface area (Å²) in [6.07, 6.45) is 11.5. The van der Waals surface area contributed by atoms with Crippen molar-refractivity contribution >= 4 is 5.69 Å². The van der Waals surface area contributed by atoms with E-state index in [0.29, 0.717) is 0 Å². The van der Waals surface area contributed by atoms with Crippen LogP contribution in [-0.2, 0) is 5.41 Å². The highest BCUT2D eigenvalue weighted by atomic mass is 15.3. The molecule has 0 saturated carbocycles. The number of aryl methyl sites for hydroxylation is 2. The lowest BCUT2D eigenvalue weighted by atomic mass is 9.80. The van der Waals surface area contributed by atoms with Crippen molar-refractivity contribution in [3.63, 3.8) is 0 Å². The van der Waals surface area contributed by atoms with Gasteiger partial charge in [-0.25, -0.2) is 0 Å². The highest BCUT2D eigenvalue weighted by molar-refractivity contribution is 5.70. The first-order chi connectivity index (χ1) is 12.6. The fourth-order valence-electron chi connectivity index (χ4n) is 3.23. The molecule has 2 heteroatoms. The van der Waals surface area contributed by atoms with Crippen LogP contribution >= 0.6 is 0 Å². The SMILES string of the molecule is C#CC(C)(C#C)c1cc(N2C(=C)C(C)=C(C)N(C)C2=C)c(C)cc1C.CC. The number of terminal acetylenes is 2. The van der Waals surface area contributed by atoms with Gasteiger partial charge < -0.3 is 4.90 Å². The maximum absolute atomic E-state index is 5.75. The molecule has 0 bridgehead atoms. The minimum Gasteiger partial charge on any atom is -0.335 e. The molecule has 142 valence electrons. The number of anilines is 1. The number of hydrogen-bond donors (Lipinski definition) is 0. The van der Waals surface area contributed by atoms with Crippen LogP contribution in [0.2, 0.25) is 0 Å². The average Bonchev–Trinajstić information content (AvgIpc) is 2.67. The largest absolute Gasteiger partial charge is 0.335 e. The van der Waals surface area contributed by atoms with E-state index in [9.17, 15) is 0 Å². The topological polar surface area (TPSA) is 6.48 Å². The van der Waals surface area contributed by atoms with Crippen LogP contribution in [0, 0.1) is 38.5 Å². The number of nitrogens with zero attached hydrogens (tertiary/aromatic N) is 2. The quantitative estimate of drug-likeness (QED) is 0.607. The molecule has 0 saturated heterocycles. The number of hydrogen-bond acceptors (Lipinski definition) is 2. The van der Waals surface area contributed by atoms with Crippen molar-refractivity contribution in [3.8, 4) is 24.7 Å². The van der Waals surface area contributed by atoms with Gasteiger partial charge in [0.05, 0.1) is 5.69 Å². The Hall–Kier alpha value is -2.84. The Morgan fingerprint density at radius 3 is 1.96 bits per heavy atom. The van der Waals surface area contributed by atoms with Crippen LogP contribution in [0.5, 0.6) is 0 Å². The highest BCUT2D eigenvalue weighted by Gasteiger charge is 2.30. The summed E-state index contributed by atoms with van der Waals surface area (Å²) in [5.74, 6) is 6.38. The molecule has 0 aromatic heterocycles. The zero-order valence-corrected chi connectivity index (χ0v) is 18.1. The molecule has 1 aliphatic rings. The minimum absolute atomic E-state index is 0.752. The summed E-state index contributed by atoms with van der Waals surface area (Å²) in [5.41, 5.74) is 6.63. The first-order valence-electron chi connectivity index (χ1n) is 9.25. The number of rotatable bonds is 2. The van der Waals surface area contributed by atoms with Gasteiger partial charge in [-0.2, -0.15) is 0 Å². The Bertz CT molecular complexity index is 870. The molecule has 0 radical (unpaired) electrons. The second-order valence-corrected chi connectivity index (χ2v) is 6.84. The number of allylic oxidation sites excluding steroid dienone is 2. The van der Waals surface area contributed by atoms with Gasteiger partial charge in [-0.05, 0) is 62.9 Å². The third-order valence-corrected chi connectivity index (χ3v) is 5.29. The zero-order chi connectivity index (χ0) is 21.1. The van der Waals surface area contributed by atoms with Crippen LogP contribution in [-0.4, -0.2) is 11.9 Å². The summed E-state index contributed by atoms with van der Waals surface area (Å²) in [4.78, 5) is 4.15. The maximum Gasteiger partial charge on any atom is 0.114 e. The summed E-state index contributed by atoms with van der Waals surface area (Å²) in [7, 11) is 2.01. The number of benzene rings is 1. The highest BCUT2D eigenvalue weighted by Crippen LogP contribution is 2.39. The van der Waals surface area contributed by atoms with Gasteiger partial charge in [-0.15, -0.1) is 12.8 Å². The molecular weight excluding hydrogens is 328 g/mol. The van der Waals surface area contributed by atoms with Crippen LogP contribution in [0.25, 0.3) is 0 Å². The van der Waals surface area contributed by atoms with Crippen LogP contribution in [0.1, 0.15) is 51.3 Å². The predicted molar refractivity (Wildman–Crippen MR) is 119 cm³/mol. The lowest BCUT2D eigenvalue weighted by molar-refractivity contribution is 0.487. The molecule has 0 atom stereocenters. The van der Waals surface area contributed by atoms with Crippen molar-refractivity contribution in [2.45, 2.75) is 53.9 Å². The molecule has 0 N–H and O–H groups in total. The molecule has 1 aromatic rings. The molecule has 0 unspecified atom stereocenters. The van der Waals surface area contributed by atoms with Crippen molar-refractivity contribution in [1.29, 1.82) is 0 Å². The minimum atomic E-state index is -0.752. The Morgan fingerprint density at radius 2 is 1.48 bits per heavy atom. The van der Waals surface area contributed by atoms with Gasteiger partial charge in [0.2, 0.25) is 0 Å². The molecule has 0 fully saturated rings. The third kappa shape index (κ3) is 3.67. The maximum atomic E-state index is 5.75. The van der Waals surface area contributed by atoms with Crippen molar-refractivity contribution in [3.05, 3.63) is 64.8 Å². The summed E-state index contributed by atoms with van der Waals surface area (Å²) in [5, 5.41) is 0. The summed E-state index contributed by atoms with van der Waals surface area (Å²) < 4.78 is 0. The molecule has 1 heterocycles. The van der Waals surface area contributed by atoms with Crippen LogP contribution in [0.15, 0.2) is 48.1 Å². The summed E-state index contributed by atoms with van der Waals surface area (Å²) in [6, 6.07) is 4.21. The van der Waals surface area contributed by atoms with E-state index in [-0.39, 0.29) is 0 Å². The molecule has 27 heavy (non-hydrogen) atoms. The van der Waals surface area contributed by atoms with Gasteiger partial charge in [-0.1, -0.05) is 44.9 Å². The van der Waals surface area contributed by atoms with Crippen molar-refractivity contribution < 1.29 is 0 Å². The first-order valence-corrected chi connectivity index (χ1v) is 9.25. The first kappa shape index (κ1) is 22.2. The fraction of sp³-hybridized carbons (Fsp3) is 0.360. The standard InChI is InChI=1S/C23H26N2.C2H6/c1-11-23(9,12-2)21-14-22(16(4)13-15(21)3)25-19(7)17(5)18(6)24(10)20(25)8;1-2/h1-2,13-14H,7-8H2,3-6,9-10H3;1-2H3. The Morgan fingerprint density at radius 1 is 0.963 bits per heavy atom. The molecule has 1 aromatic carbocycles. The Balaban J connectivity index is 0.00000176. The van der Waals surface area contributed by atoms with E-state index in [1.54, 1.807) is 0 Å². The fourth-order valence-corrected chi connectivity index (χ4v) is 3.23. The van der Waals surface area contributed by atoms with Gasteiger partial charge in [-0.3, -0.25) is 4.90 Å². The van der Waals surface area contributed by atoms with Crippen molar-refractivity contribution in [1.82, 2.24) is 4.90 Å². The second-order valence-electron chi connectivity index (χ2n) is 6.84. The molecule has 2 nitrogen and oxygen atoms in total. The third-order valence-electron chi connectivity index (χ3n) is 5.29. The van der Waals surface area contributed by atoms with Gasteiger partial charge in [0.25, 0.3) is 0 Å². The van der Waals surface area contributed by atoms with Gasteiger partial charge in [0.1, 0.15) is 11.2 Å². The van der Waals surface area contributed by atoms with Gasteiger partial charge in [0.15, 0.2) is 0 Å². The lowest BCUT2D eigenvalue weighted by Gasteiger charge is -2.41. The van der Waals surface area contributed by atoms with E-state index in [4.69, 9.17) is 12.8 Å². The monoisotopic (exact) mass is 360 g/mol. The zero-order valence-electron chi connectivity index (χ0n) is 18.1. The van der Waals surface area contributed by atoms with E-state index < -0.39 is 5.41 Å². The van der Waals surface area contributed by atoms with E-state index in [1.165, 1.54) is 0 Å². The molecule has 0 amide bonds. The van der Waals surface area contributed by atoms with Gasteiger partial charge >= 0.3 is 0 Å². The van der Waals surface area contributed by atoms with E-state index in [2.05, 4.69) is 67.7 Å². The van der Waals surface area contributed by atoms with Crippen LogP contribution in [0.3, 0.4) is 0 Å². The van der Waals surface area contributed by atoms with Gasteiger partial charge in [0, 0.05) is 18.4 Å². The van der Waals surface area contributed by atoms with E-state index >= 15 is 0 Å². The molecular formula is C25H32N2. The van der Waals surface area contributed by atoms with E-state index in [1.807, 2.05) is 34.7 Å². The van der Waals surface area contributed by atoms with Crippen LogP contribution < -0.4 is 4.90 Å². The smallest absolute Gasteiger partial charge is 0.114 e.